The zero-order valence-electron chi connectivity index (χ0n) is 9.72. The summed E-state index contributed by atoms with van der Waals surface area (Å²) in [6.45, 7) is -0.121. The molecule has 1 amide bonds. The Morgan fingerprint density at radius 3 is 2.79 bits per heavy atom. The van der Waals surface area contributed by atoms with Gasteiger partial charge in [0.05, 0.1) is 5.56 Å². The number of nitriles is 1. The van der Waals surface area contributed by atoms with Crippen LogP contribution in [0, 0.1) is 11.3 Å². The van der Waals surface area contributed by atoms with E-state index in [0.29, 0.717) is 21.3 Å². The molecular weight excluding hydrogens is 284 g/mol. The van der Waals surface area contributed by atoms with Crippen molar-refractivity contribution in [2.24, 2.45) is 0 Å². The molecule has 0 unspecified atom stereocenters. The van der Waals surface area contributed by atoms with Crippen LogP contribution in [0.3, 0.4) is 0 Å². The van der Waals surface area contributed by atoms with Gasteiger partial charge >= 0.3 is 0 Å². The fraction of sp³-hybridized carbons (Fsp3) is 0.0769. The van der Waals surface area contributed by atoms with Crippen LogP contribution in [0.25, 0.3) is 0 Å². The van der Waals surface area contributed by atoms with Crippen molar-refractivity contribution in [2.75, 3.05) is 11.9 Å². The first-order valence-electron chi connectivity index (χ1n) is 5.35. The van der Waals surface area contributed by atoms with Gasteiger partial charge in [-0.15, -0.1) is 11.3 Å². The number of anilines is 1. The van der Waals surface area contributed by atoms with Crippen molar-refractivity contribution in [1.29, 1.82) is 5.26 Å². The highest BCUT2D eigenvalue weighted by Gasteiger charge is 2.08. The van der Waals surface area contributed by atoms with Crippen LogP contribution < -0.4 is 10.1 Å². The Balaban J connectivity index is 1.89. The maximum atomic E-state index is 11.7. The third-order valence-corrected chi connectivity index (χ3v) is 3.30. The van der Waals surface area contributed by atoms with E-state index < -0.39 is 0 Å². The van der Waals surface area contributed by atoms with Crippen LogP contribution in [0.2, 0.25) is 5.02 Å². The van der Waals surface area contributed by atoms with Crippen molar-refractivity contribution in [3.63, 3.8) is 0 Å². The van der Waals surface area contributed by atoms with E-state index in [1.54, 1.807) is 35.7 Å². The molecule has 2 rings (SSSR count). The molecule has 0 aliphatic carbocycles. The van der Waals surface area contributed by atoms with E-state index in [2.05, 4.69) is 5.32 Å². The van der Waals surface area contributed by atoms with Gasteiger partial charge in [0.2, 0.25) is 0 Å². The molecule has 19 heavy (non-hydrogen) atoms. The first-order chi connectivity index (χ1) is 9.19. The molecule has 0 aliphatic heterocycles. The maximum absolute atomic E-state index is 11.7. The lowest BCUT2D eigenvalue weighted by Gasteiger charge is -2.06. The minimum Gasteiger partial charge on any atom is -0.484 e. The number of benzene rings is 1. The number of carbonyl (C=O) groups is 1. The molecule has 0 aliphatic rings. The Hall–Kier alpha value is -2.03. The SMILES string of the molecule is N#Cc1ccsc1NC(=O)COc1ccc(Cl)cc1. The van der Waals surface area contributed by atoms with Crippen LogP contribution in [0.4, 0.5) is 5.00 Å². The summed E-state index contributed by atoms with van der Waals surface area (Å²) in [6.07, 6.45) is 0. The Bertz CT molecular complexity index is 616. The molecule has 0 spiro atoms. The van der Waals surface area contributed by atoms with Gasteiger partial charge in [0, 0.05) is 5.02 Å². The van der Waals surface area contributed by atoms with Crippen LogP contribution in [-0.4, -0.2) is 12.5 Å². The van der Waals surface area contributed by atoms with Crippen LogP contribution in [0.1, 0.15) is 5.56 Å². The summed E-state index contributed by atoms with van der Waals surface area (Å²) in [5.41, 5.74) is 0.449. The molecule has 0 saturated heterocycles. The van der Waals surface area contributed by atoms with Crippen LogP contribution in [0.15, 0.2) is 35.7 Å². The molecule has 6 heteroatoms. The summed E-state index contributed by atoms with van der Waals surface area (Å²) in [7, 11) is 0. The highest BCUT2D eigenvalue weighted by atomic mass is 35.5. The van der Waals surface area contributed by atoms with Gasteiger partial charge in [0.15, 0.2) is 6.61 Å². The molecule has 1 N–H and O–H groups in total. The number of thiophene rings is 1. The highest BCUT2D eigenvalue weighted by Crippen LogP contribution is 2.22. The lowest BCUT2D eigenvalue weighted by molar-refractivity contribution is -0.118. The Morgan fingerprint density at radius 1 is 1.37 bits per heavy atom. The number of halogens is 1. The molecule has 0 fully saturated rings. The summed E-state index contributed by atoms with van der Waals surface area (Å²) in [5.74, 6) is 0.250. The molecule has 0 bridgehead atoms. The average molecular weight is 293 g/mol. The molecule has 1 heterocycles. The van der Waals surface area contributed by atoms with Gasteiger partial charge in [0.25, 0.3) is 5.91 Å². The third-order valence-electron chi connectivity index (χ3n) is 2.22. The molecule has 96 valence electrons. The standard InChI is InChI=1S/C13H9ClN2O2S/c14-10-1-3-11(4-2-10)18-8-12(17)16-13-9(7-15)5-6-19-13/h1-6H,8H2,(H,16,17). The number of nitrogens with one attached hydrogen (secondary N) is 1. The van der Waals surface area contributed by atoms with Gasteiger partial charge in [-0.3, -0.25) is 4.79 Å². The first-order valence-corrected chi connectivity index (χ1v) is 6.60. The van der Waals surface area contributed by atoms with E-state index in [1.165, 1.54) is 11.3 Å². The van der Waals surface area contributed by atoms with Crippen molar-refractivity contribution in [3.05, 3.63) is 46.3 Å². The largest absolute Gasteiger partial charge is 0.484 e. The summed E-state index contributed by atoms with van der Waals surface area (Å²) < 4.78 is 5.30. The van der Waals surface area contributed by atoms with E-state index in [1.807, 2.05) is 6.07 Å². The van der Waals surface area contributed by atoms with Gasteiger partial charge < -0.3 is 10.1 Å². The molecule has 4 nitrogen and oxygen atoms in total. The van der Waals surface area contributed by atoms with Gasteiger partial charge in [-0.2, -0.15) is 5.26 Å². The number of amides is 1. The summed E-state index contributed by atoms with van der Waals surface area (Å²) in [4.78, 5) is 11.7. The van der Waals surface area contributed by atoms with Gasteiger partial charge in [-0.25, -0.2) is 0 Å². The fourth-order valence-electron chi connectivity index (χ4n) is 1.34. The van der Waals surface area contributed by atoms with Crippen molar-refractivity contribution in [1.82, 2.24) is 0 Å². The Kier molecular flexibility index (Phi) is 4.39. The zero-order valence-corrected chi connectivity index (χ0v) is 11.3. The average Bonchev–Trinajstić information content (AvgIpc) is 2.85. The molecule has 2 aromatic rings. The predicted molar refractivity (Wildman–Crippen MR) is 74.6 cm³/mol. The second-order valence-corrected chi connectivity index (χ2v) is 4.92. The third kappa shape index (κ3) is 3.71. The fourth-order valence-corrected chi connectivity index (χ4v) is 2.22. The van der Waals surface area contributed by atoms with Gasteiger partial charge in [-0.05, 0) is 35.7 Å². The lowest BCUT2D eigenvalue weighted by atomic mass is 10.3. The Morgan fingerprint density at radius 2 is 2.11 bits per heavy atom. The monoisotopic (exact) mass is 292 g/mol. The van der Waals surface area contributed by atoms with Crippen molar-refractivity contribution < 1.29 is 9.53 Å². The van der Waals surface area contributed by atoms with Crippen molar-refractivity contribution >= 4 is 33.8 Å². The van der Waals surface area contributed by atoms with E-state index in [-0.39, 0.29) is 12.5 Å². The second-order valence-electron chi connectivity index (χ2n) is 3.57. The quantitative estimate of drug-likeness (QED) is 0.940. The topological polar surface area (TPSA) is 62.1 Å². The first kappa shape index (κ1) is 13.4. The van der Waals surface area contributed by atoms with E-state index in [4.69, 9.17) is 21.6 Å². The number of ether oxygens (including phenoxy) is 1. The van der Waals surface area contributed by atoms with Gasteiger partial charge in [0.1, 0.15) is 16.8 Å². The number of hydrogen-bond acceptors (Lipinski definition) is 4. The number of nitrogens with zero attached hydrogens (tertiary/aromatic N) is 1. The highest BCUT2D eigenvalue weighted by molar-refractivity contribution is 7.14. The molecule has 0 saturated carbocycles. The smallest absolute Gasteiger partial charge is 0.262 e. The van der Waals surface area contributed by atoms with E-state index in [0.717, 1.165) is 0 Å². The maximum Gasteiger partial charge on any atom is 0.262 e. The summed E-state index contributed by atoms with van der Waals surface area (Å²) >= 11 is 7.04. The lowest BCUT2D eigenvalue weighted by Crippen LogP contribution is -2.19. The summed E-state index contributed by atoms with van der Waals surface area (Å²) in [6, 6.07) is 10.4. The van der Waals surface area contributed by atoms with E-state index in [9.17, 15) is 4.79 Å². The molecule has 1 aromatic heterocycles. The minimum absolute atomic E-state index is 0.121. The number of carbonyl (C=O) groups excluding carboxylic acids is 1. The minimum atomic E-state index is -0.311. The summed E-state index contributed by atoms with van der Waals surface area (Å²) in [5, 5.41) is 14.3. The molecule has 1 aromatic carbocycles. The number of hydrogen-bond donors (Lipinski definition) is 1. The van der Waals surface area contributed by atoms with Crippen LogP contribution in [0.5, 0.6) is 5.75 Å². The number of rotatable bonds is 4. The van der Waals surface area contributed by atoms with Gasteiger partial charge in [-0.1, -0.05) is 11.6 Å². The predicted octanol–water partition coefficient (Wildman–Crippen LogP) is 3.29. The zero-order chi connectivity index (χ0) is 13.7. The van der Waals surface area contributed by atoms with Crippen molar-refractivity contribution in [2.45, 2.75) is 0 Å². The van der Waals surface area contributed by atoms with Crippen LogP contribution in [-0.2, 0) is 4.79 Å². The Labute approximate surface area is 119 Å². The molecule has 0 atom stereocenters. The second kappa shape index (κ2) is 6.23. The van der Waals surface area contributed by atoms with E-state index >= 15 is 0 Å². The van der Waals surface area contributed by atoms with Crippen molar-refractivity contribution in [3.8, 4) is 11.8 Å². The normalized spacial score (nSPS) is 9.68. The molecule has 0 radical (unpaired) electrons. The van der Waals surface area contributed by atoms with Crippen LogP contribution >= 0.6 is 22.9 Å². The molecular formula is C13H9ClN2O2S.